The van der Waals surface area contributed by atoms with Gasteiger partial charge in [0, 0.05) is 25.2 Å². The summed E-state index contributed by atoms with van der Waals surface area (Å²) >= 11 is 6.25. The molecule has 27 heteroatoms. The van der Waals surface area contributed by atoms with Crippen LogP contribution in [0.2, 0.25) is 5.02 Å². The molecule has 24 nitrogen and oxygen atoms in total. The van der Waals surface area contributed by atoms with Crippen molar-refractivity contribution in [1.29, 1.82) is 0 Å². The Balaban J connectivity index is 0.000000197. The number of rotatable bonds is 15. The minimum absolute atomic E-state index is 0. The van der Waals surface area contributed by atoms with E-state index in [9.17, 15) is 57.4 Å². The summed E-state index contributed by atoms with van der Waals surface area (Å²) in [5, 5.41) is 41.6. The second kappa shape index (κ2) is 25.1. The number of para-hydroxylation sites is 1. The second-order valence-corrected chi connectivity index (χ2v) is 21.0. The highest BCUT2D eigenvalue weighted by Crippen LogP contribution is 2.37. The Bertz CT molecular complexity index is 4460. The second-order valence-electron chi connectivity index (χ2n) is 20.6. The SMILES string of the molecule is C.Cc1c(C(=O)O)ccc2c1CC[C@@H]2NC(=O)c1cc(C(=O)NCc2ccc(F)c(F)c2)nc2c(C(N)=O)cnn12.Cc1c(C(=O)O)ccc2c1CC[C@@H]2NC(=O)c1cc(C(=O)NCc2ccc3c(c2)OCO3)nc2c(C(=O)Nc3ccccc3Cl)cnn12. The first-order chi connectivity index (χ1) is 42.2. The number of carboxylic acid groups (broad SMARTS) is 2. The molecule has 5 heterocycles. The number of nitrogens with one attached hydrogen (secondary N) is 5. The molecule has 2 aliphatic carbocycles. The summed E-state index contributed by atoms with van der Waals surface area (Å²) in [6.45, 7) is 3.56. The van der Waals surface area contributed by atoms with Crippen LogP contribution in [-0.4, -0.2) is 93.6 Å². The minimum atomic E-state index is -1.07. The van der Waals surface area contributed by atoms with Crippen LogP contribution in [0, 0.1) is 25.5 Å². The lowest BCUT2D eigenvalue weighted by molar-refractivity contribution is 0.0685. The van der Waals surface area contributed by atoms with Gasteiger partial charge >= 0.3 is 11.9 Å². The number of nitrogens with zero attached hydrogens (tertiary/aromatic N) is 6. The van der Waals surface area contributed by atoms with Gasteiger partial charge in [0.1, 0.15) is 33.9 Å². The van der Waals surface area contributed by atoms with Crippen LogP contribution in [0.25, 0.3) is 11.3 Å². The Kier molecular flexibility index (Phi) is 17.2. The number of fused-ring (bicyclic) bond motifs is 5. The van der Waals surface area contributed by atoms with Gasteiger partial charge in [0.25, 0.3) is 35.4 Å². The van der Waals surface area contributed by atoms with Gasteiger partial charge < -0.3 is 52.0 Å². The smallest absolute Gasteiger partial charge is 0.335 e. The monoisotopic (exact) mass is 1230 g/mol. The summed E-state index contributed by atoms with van der Waals surface area (Å²) in [7, 11) is 0. The molecule has 2 atom stereocenters. The van der Waals surface area contributed by atoms with Crippen LogP contribution in [0.5, 0.6) is 11.5 Å². The third-order valence-electron chi connectivity index (χ3n) is 15.3. The summed E-state index contributed by atoms with van der Waals surface area (Å²) in [5.74, 6) is -6.97. The molecule has 89 heavy (non-hydrogen) atoms. The quantitative estimate of drug-likeness (QED) is 0.0485. The molecule has 9 N–H and O–H groups in total. The maximum absolute atomic E-state index is 13.9. The standard InChI is InChI=1S/C34H27ClN6O7.C27H22F2N6O5.CH4/c1-17-19-9-10-24(21(19)8-7-20(17)34(45)46)39-33(44)27-13-26(32(43)36-14-18-6-11-28-29(12-18)48-16-47-28)38-30-22(15-37-41(27)30)31(42)40-25-5-3-2-4-23(25)35;1-12-14-5-7-20(16(14)4-3-15(12)27(39)40)34-26(38)22-9-21(33-24-17(23(30)36)11-32-35(22)24)25(37)31-10-13-2-6-18(28)19(29)8-13;/h2-8,11-13,15,24H,9-10,14,16H2,1H3,(H,36,43)(H,39,44)(H,40,42)(H,45,46);2-4,6,8-9,11,20H,5,7,10H2,1H3,(H2,30,36)(H,31,37)(H,34,38)(H,39,40);1H4/t24-;20-;/m00./s1. The zero-order chi connectivity index (χ0) is 62.2. The van der Waals surface area contributed by atoms with Crippen LogP contribution in [0.4, 0.5) is 14.5 Å². The number of anilines is 1. The maximum atomic E-state index is 13.9. The van der Waals surface area contributed by atoms with E-state index < -0.39 is 71.1 Å². The fourth-order valence-corrected chi connectivity index (χ4v) is 11.0. The Hall–Kier alpha value is -11.2. The first kappa shape index (κ1) is 61.0. The number of carboxylic acids is 2. The summed E-state index contributed by atoms with van der Waals surface area (Å²) in [5.41, 5.74) is 11.1. The molecule has 0 spiro atoms. The van der Waals surface area contributed by atoms with Gasteiger partial charge in [0.2, 0.25) is 6.79 Å². The van der Waals surface area contributed by atoms with Gasteiger partial charge in [-0.1, -0.05) is 55.4 Å². The van der Waals surface area contributed by atoms with Crippen molar-refractivity contribution in [1.82, 2.24) is 50.5 Å². The van der Waals surface area contributed by atoms with Gasteiger partial charge in [-0.05, 0) is 133 Å². The van der Waals surface area contributed by atoms with Crippen LogP contribution in [0.3, 0.4) is 0 Å². The number of nitrogens with two attached hydrogens (primary N) is 1. The van der Waals surface area contributed by atoms with Crippen molar-refractivity contribution in [2.24, 2.45) is 5.73 Å². The predicted molar refractivity (Wildman–Crippen MR) is 315 cm³/mol. The fourth-order valence-electron chi connectivity index (χ4n) is 10.8. The van der Waals surface area contributed by atoms with Gasteiger partial charge in [-0.15, -0.1) is 0 Å². The van der Waals surface area contributed by atoms with Crippen LogP contribution in [0.15, 0.2) is 109 Å². The van der Waals surface area contributed by atoms with E-state index >= 15 is 0 Å². The number of hydrogen-bond acceptors (Lipinski definition) is 14. The van der Waals surface area contributed by atoms with Gasteiger partial charge in [0.05, 0.1) is 46.3 Å². The van der Waals surface area contributed by atoms with Gasteiger partial charge in [-0.3, -0.25) is 28.8 Å². The molecular formula is C62H53ClF2N12O12. The highest BCUT2D eigenvalue weighted by molar-refractivity contribution is 6.34. The first-order valence-electron chi connectivity index (χ1n) is 27.1. The first-order valence-corrected chi connectivity index (χ1v) is 27.5. The largest absolute Gasteiger partial charge is 0.478 e. The number of benzene rings is 5. The Morgan fingerprint density at radius 1 is 0.607 bits per heavy atom. The van der Waals surface area contributed by atoms with E-state index in [0.717, 1.165) is 50.7 Å². The average Bonchev–Trinajstić information content (AvgIpc) is 1.74. The lowest BCUT2D eigenvalue weighted by Gasteiger charge is -2.16. The van der Waals surface area contributed by atoms with Crippen molar-refractivity contribution in [2.75, 3.05) is 12.1 Å². The molecule has 1 aliphatic heterocycles. The number of ether oxygens (including phenoxy) is 2. The molecule has 6 amide bonds. The van der Waals surface area contributed by atoms with E-state index in [0.29, 0.717) is 59.0 Å². The lowest BCUT2D eigenvalue weighted by Crippen LogP contribution is -2.31. The highest BCUT2D eigenvalue weighted by atomic mass is 35.5. The lowest BCUT2D eigenvalue weighted by atomic mass is 9.98. The Labute approximate surface area is 508 Å². The van der Waals surface area contributed by atoms with Gasteiger partial charge in [-0.25, -0.2) is 37.4 Å². The van der Waals surface area contributed by atoms with Crippen molar-refractivity contribution in [3.8, 4) is 11.5 Å². The minimum Gasteiger partial charge on any atom is -0.478 e. The van der Waals surface area contributed by atoms with Crippen molar-refractivity contribution in [3.63, 3.8) is 0 Å². The Morgan fingerprint density at radius 3 is 1.64 bits per heavy atom. The van der Waals surface area contributed by atoms with Crippen LogP contribution in [0.1, 0.15) is 160 Å². The van der Waals surface area contributed by atoms with Gasteiger partial charge in [-0.2, -0.15) is 10.2 Å². The molecule has 5 aromatic carbocycles. The van der Waals surface area contributed by atoms with Crippen LogP contribution >= 0.6 is 11.6 Å². The normalized spacial score (nSPS) is 14.1. The van der Waals surface area contributed by atoms with Crippen molar-refractivity contribution >= 4 is 76.0 Å². The molecule has 0 fully saturated rings. The predicted octanol–water partition coefficient (Wildman–Crippen LogP) is 7.81. The molecule has 0 bridgehead atoms. The topological polar surface area (TPSA) is 342 Å². The number of amides is 6. The van der Waals surface area contributed by atoms with Gasteiger partial charge in [0.15, 0.2) is 34.4 Å². The third-order valence-corrected chi connectivity index (χ3v) is 15.6. The molecule has 0 saturated heterocycles. The van der Waals surface area contributed by atoms with E-state index in [1.807, 2.05) is 0 Å². The summed E-state index contributed by atoms with van der Waals surface area (Å²) in [6.07, 6.45) is 4.61. The van der Waals surface area contributed by atoms with E-state index in [4.69, 9.17) is 26.8 Å². The number of halogens is 3. The van der Waals surface area contributed by atoms with Crippen molar-refractivity contribution in [2.45, 2.75) is 72.1 Å². The zero-order valence-electron chi connectivity index (χ0n) is 46.4. The number of hydrogen-bond donors (Lipinski definition) is 8. The van der Waals surface area contributed by atoms with E-state index in [2.05, 4.69) is 46.7 Å². The van der Waals surface area contributed by atoms with Crippen molar-refractivity contribution in [3.05, 3.63) is 216 Å². The average molecular weight is 1230 g/mol. The van der Waals surface area contributed by atoms with E-state index in [-0.39, 0.29) is 89.2 Å². The molecule has 0 saturated carbocycles. The third kappa shape index (κ3) is 12.2. The molecule has 4 aromatic heterocycles. The number of carbonyl (C=O) groups is 8. The molecule has 0 unspecified atom stereocenters. The number of aromatic carboxylic acids is 2. The summed E-state index contributed by atoms with van der Waals surface area (Å²) in [6, 6.07) is 23.2. The maximum Gasteiger partial charge on any atom is 0.335 e. The fraction of sp³-hybridized carbons (Fsp3) is 0.194. The number of carbonyl (C=O) groups excluding carboxylic acids is 6. The molecule has 454 valence electrons. The molecule has 12 rings (SSSR count). The summed E-state index contributed by atoms with van der Waals surface area (Å²) < 4.78 is 39.8. The van der Waals surface area contributed by atoms with E-state index in [1.165, 1.54) is 41.0 Å². The van der Waals surface area contributed by atoms with Crippen LogP contribution < -0.4 is 41.8 Å². The van der Waals surface area contributed by atoms with Crippen LogP contribution in [-0.2, 0) is 25.9 Å². The number of aromatic nitrogens is 6. The summed E-state index contributed by atoms with van der Waals surface area (Å²) in [4.78, 5) is 111. The number of primary amides is 1. The van der Waals surface area contributed by atoms with Crippen molar-refractivity contribution < 1.29 is 66.8 Å². The molecule has 9 aromatic rings. The molecular weight excluding hydrogens is 1180 g/mol. The highest BCUT2D eigenvalue weighted by Gasteiger charge is 2.32. The Morgan fingerprint density at radius 2 is 1.11 bits per heavy atom. The zero-order valence-corrected chi connectivity index (χ0v) is 47.1. The molecule has 0 radical (unpaired) electrons. The molecule has 3 aliphatic rings. The van der Waals surface area contributed by atoms with E-state index in [1.54, 1.807) is 68.4 Å².